The van der Waals surface area contributed by atoms with Crippen LogP contribution in [0.5, 0.6) is 17.2 Å². The lowest BCUT2D eigenvalue weighted by Crippen LogP contribution is -2.10. The number of halogens is 1. The highest BCUT2D eigenvalue weighted by Gasteiger charge is 2.62. The summed E-state index contributed by atoms with van der Waals surface area (Å²) < 4.78 is 11.4. The number of ether oxygens (including phenoxy) is 2. The van der Waals surface area contributed by atoms with Crippen LogP contribution in [-0.4, -0.2) is 12.2 Å². The first-order valence-corrected chi connectivity index (χ1v) is 10.8. The zero-order valence-electron chi connectivity index (χ0n) is 17.9. The Bertz CT molecular complexity index is 1100. The summed E-state index contributed by atoms with van der Waals surface area (Å²) in [6.07, 6.45) is 1.68. The molecular formula is C26H24ClNO4. The molecule has 5 nitrogen and oxygen atoms in total. The molecule has 0 saturated heterocycles. The second kappa shape index (κ2) is 9.45. The van der Waals surface area contributed by atoms with Gasteiger partial charge in [-0.1, -0.05) is 60.9 Å². The highest BCUT2D eigenvalue weighted by molar-refractivity contribution is 6.30. The zero-order valence-corrected chi connectivity index (χ0v) is 18.7. The van der Waals surface area contributed by atoms with Crippen LogP contribution in [0, 0.1) is 17.3 Å². The molecule has 0 aromatic heterocycles. The molecule has 4 rings (SSSR count). The molecule has 2 atom stereocenters. The van der Waals surface area contributed by atoms with Crippen molar-refractivity contribution in [2.24, 2.45) is 22.4 Å². The molecule has 0 aliphatic heterocycles. The first-order valence-electron chi connectivity index (χ1n) is 10.4. The van der Waals surface area contributed by atoms with Crippen LogP contribution >= 0.6 is 11.6 Å². The van der Waals surface area contributed by atoms with Crippen molar-refractivity contribution in [2.45, 2.75) is 20.5 Å². The van der Waals surface area contributed by atoms with E-state index in [0.29, 0.717) is 16.5 Å². The smallest absolute Gasteiger partial charge is 0.310 e. The third kappa shape index (κ3) is 5.29. The van der Waals surface area contributed by atoms with E-state index in [1.165, 1.54) is 0 Å². The van der Waals surface area contributed by atoms with Gasteiger partial charge in [-0.25, -0.2) is 0 Å². The van der Waals surface area contributed by atoms with Crippen LogP contribution in [0.15, 0.2) is 84.0 Å². The molecule has 0 bridgehead atoms. The van der Waals surface area contributed by atoms with Crippen LogP contribution in [0.1, 0.15) is 19.4 Å². The second-order valence-corrected chi connectivity index (χ2v) is 8.73. The molecule has 1 saturated carbocycles. The summed E-state index contributed by atoms with van der Waals surface area (Å²) in [5, 5.41) is 4.67. The minimum atomic E-state index is -0.260. The van der Waals surface area contributed by atoms with E-state index in [0.717, 1.165) is 11.3 Å². The van der Waals surface area contributed by atoms with Crippen LogP contribution in [0.2, 0.25) is 5.02 Å². The van der Waals surface area contributed by atoms with Crippen LogP contribution in [0.25, 0.3) is 0 Å². The molecule has 1 fully saturated rings. The Kier molecular flexibility index (Phi) is 6.47. The lowest BCUT2D eigenvalue weighted by atomic mass is 10.1. The fraction of sp³-hybridized carbons (Fsp3) is 0.231. The molecule has 6 heteroatoms. The summed E-state index contributed by atoms with van der Waals surface area (Å²) in [6.45, 7) is 4.22. The van der Waals surface area contributed by atoms with E-state index < -0.39 is 0 Å². The number of carbonyl (C=O) groups is 1. The van der Waals surface area contributed by atoms with E-state index in [-0.39, 0.29) is 29.8 Å². The van der Waals surface area contributed by atoms with Crippen molar-refractivity contribution in [2.75, 3.05) is 0 Å². The summed E-state index contributed by atoms with van der Waals surface area (Å²) in [5.41, 5.74) is 0.629. The quantitative estimate of drug-likeness (QED) is 0.223. The average Bonchev–Trinajstić information content (AvgIpc) is 3.34. The summed E-state index contributed by atoms with van der Waals surface area (Å²) >= 11 is 5.86. The molecule has 0 amide bonds. The van der Waals surface area contributed by atoms with E-state index >= 15 is 0 Å². The zero-order chi connectivity index (χ0) is 22.6. The van der Waals surface area contributed by atoms with Crippen molar-refractivity contribution >= 4 is 23.8 Å². The van der Waals surface area contributed by atoms with Crippen molar-refractivity contribution < 1.29 is 19.1 Å². The van der Waals surface area contributed by atoms with Gasteiger partial charge in [0.25, 0.3) is 0 Å². The summed E-state index contributed by atoms with van der Waals surface area (Å²) in [5.74, 6) is 1.48. The van der Waals surface area contributed by atoms with Crippen LogP contribution in [0.3, 0.4) is 0 Å². The molecule has 1 aliphatic carbocycles. The first kappa shape index (κ1) is 21.9. The Hall–Kier alpha value is -3.31. The maximum absolute atomic E-state index is 12.7. The molecule has 3 aromatic rings. The highest BCUT2D eigenvalue weighted by atomic mass is 35.5. The minimum Gasteiger partial charge on any atom is -0.461 e. The van der Waals surface area contributed by atoms with Crippen molar-refractivity contribution in [1.82, 2.24) is 0 Å². The molecule has 164 valence electrons. The third-order valence-corrected chi connectivity index (χ3v) is 5.87. The van der Waals surface area contributed by atoms with Gasteiger partial charge >= 0.3 is 5.97 Å². The van der Waals surface area contributed by atoms with Gasteiger partial charge in [-0.15, -0.1) is 0 Å². The molecule has 0 unspecified atom stereocenters. The lowest BCUT2D eigenvalue weighted by molar-refractivity contribution is -0.147. The molecule has 32 heavy (non-hydrogen) atoms. The minimum absolute atomic E-state index is 0.0463. The van der Waals surface area contributed by atoms with Gasteiger partial charge in [0, 0.05) is 17.2 Å². The van der Waals surface area contributed by atoms with Crippen LogP contribution in [0.4, 0.5) is 0 Å². The Labute approximate surface area is 192 Å². The number of nitrogens with zero attached hydrogens (tertiary/aromatic N) is 1. The van der Waals surface area contributed by atoms with Crippen molar-refractivity contribution in [3.05, 3.63) is 89.4 Å². The predicted octanol–water partition coefficient (Wildman–Crippen LogP) is 6.51. The fourth-order valence-corrected chi connectivity index (χ4v) is 3.75. The predicted molar refractivity (Wildman–Crippen MR) is 124 cm³/mol. The molecular weight excluding hydrogens is 426 g/mol. The topological polar surface area (TPSA) is 57.1 Å². The van der Waals surface area contributed by atoms with Crippen molar-refractivity contribution in [1.29, 1.82) is 0 Å². The Balaban J connectivity index is 1.30. The van der Waals surface area contributed by atoms with Gasteiger partial charge < -0.3 is 14.3 Å². The van der Waals surface area contributed by atoms with Gasteiger partial charge in [-0.05, 0) is 59.5 Å². The van der Waals surface area contributed by atoms with E-state index in [1.54, 1.807) is 30.5 Å². The number of para-hydroxylation sites is 1. The van der Waals surface area contributed by atoms with Gasteiger partial charge in [-0.2, -0.15) is 0 Å². The highest BCUT2D eigenvalue weighted by Crippen LogP contribution is 2.57. The van der Waals surface area contributed by atoms with E-state index in [2.05, 4.69) is 5.16 Å². The third-order valence-electron chi connectivity index (χ3n) is 5.62. The average molecular weight is 450 g/mol. The molecule has 0 N–H and O–H groups in total. The second-order valence-electron chi connectivity index (χ2n) is 8.29. The summed E-state index contributed by atoms with van der Waals surface area (Å²) in [4.78, 5) is 18.0. The number of oxime groups is 1. The van der Waals surface area contributed by atoms with Gasteiger partial charge in [0.15, 0.2) is 5.75 Å². The number of benzene rings is 3. The van der Waals surface area contributed by atoms with Crippen molar-refractivity contribution in [3.8, 4) is 17.2 Å². The summed E-state index contributed by atoms with van der Waals surface area (Å²) in [6, 6.07) is 24.0. The number of esters is 1. The van der Waals surface area contributed by atoms with Crippen molar-refractivity contribution in [3.63, 3.8) is 0 Å². The SMILES string of the molecule is CC1(C)[C@H](C=NOc2ccc(Cl)cc2)[C@H]1C(=O)OCc1cccc(Oc2ccccc2)c1. The number of carbonyl (C=O) groups excluding carboxylic acids is 1. The normalized spacial score (nSPS) is 18.8. The number of hydrogen-bond donors (Lipinski definition) is 0. The van der Waals surface area contributed by atoms with Crippen LogP contribution in [-0.2, 0) is 16.1 Å². The molecule has 1 aliphatic rings. The van der Waals surface area contributed by atoms with Crippen LogP contribution < -0.4 is 9.57 Å². The molecule has 0 heterocycles. The number of rotatable bonds is 8. The Morgan fingerprint density at radius 1 is 0.969 bits per heavy atom. The van der Waals surface area contributed by atoms with Gasteiger partial charge in [0.1, 0.15) is 18.1 Å². The van der Waals surface area contributed by atoms with Gasteiger partial charge in [-0.3, -0.25) is 4.79 Å². The fourth-order valence-electron chi connectivity index (χ4n) is 3.63. The Morgan fingerprint density at radius 3 is 2.44 bits per heavy atom. The number of hydrogen-bond acceptors (Lipinski definition) is 5. The standard InChI is InChI=1S/C26H24ClNO4/c1-26(2)23(16-28-32-21-13-11-19(27)12-14-21)24(26)25(29)30-17-18-7-6-10-22(15-18)31-20-8-4-3-5-9-20/h3-16,23-24H,17H2,1-2H3/t23-,24+/m1/s1. The van der Waals surface area contributed by atoms with Gasteiger partial charge in [0.05, 0.1) is 5.92 Å². The van der Waals surface area contributed by atoms with E-state index in [4.69, 9.17) is 25.9 Å². The molecule has 0 spiro atoms. The van der Waals surface area contributed by atoms with E-state index in [9.17, 15) is 4.79 Å². The molecule has 3 aromatic carbocycles. The van der Waals surface area contributed by atoms with E-state index in [1.807, 2.05) is 68.4 Å². The summed E-state index contributed by atoms with van der Waals surface area (Å²) in [7, 11) is 0. The Morgan fingerprint density at radius 2 is 1.69 bits per heavy atom. The van der Waals surface area contributed by atoms with Gasteiger partial charge in [0.2, 0.25) is 0 Å². The first-order chi connectivity index (χ1) is 15.4. The molecule has 0 radical (unpaired) electrons. The maximum Gasteiger partial charge on any atom is 0.310 e. The largest absolute Gasteiger partial charge is 0.461 e. The monoisotopic (exact) mass is 449 g/mol. The maximum atomic E-state index is 12.7. The lowest BCUT2D eigenvalue weighted by Gasteiger charge is -2.09.